The summed E-state index contributed by atoms with van der Waals surface area (Å²) in [5.74, 6) is 0.488. The number of rotatable bonds is 9. The molecule has 0 aliphatic heterocycles. The third kappa shape index (κ3) is 8.78. The van der Waals surface area contributed by atoms with Gasteiger partial charge in [0.05, 0.1) is 5.70 Å². The number of ether oxygens (including phenoxy) is 1. The second-order valence-corrected chi connectivity index (χ2v) is 10.2. The number of nitrogens with one attached hydrogen (secondary N) is 1. The third-order valence-electron chi connectivity index (χ3n) is 5.96. The van der Waals surface area contributed by atoms with Crippen molar-refractivity contribution in [2.24, 2.45) is 10.7 Å². The lowest BCUT2D eigenvalue weighted by molar-refractivity contribution is 0.0589. The number of anilines is 2. The SMILES string of the molecule is C=CN=C(Nc1ccc(N(C)C(=O)OC(C)(C)C)cc1)/C(N)=C(\C)N(Cc1ccccc1)Cc1ccccc1. The number of hydrogen-bond donors (Lipinski definition) is 2. The predicted molar refractivity (Wildman–Crippen MR) is 161 cm³/mol. The Hall–Kier alpha value is -4.52. The summed E-state index contributed by atoms with van der Waals surface area (Å²) in [5.41, 5.74) is 11.4. The minimum atomic E-state index is -0.570. The van der Waals surface area contributed by atoms with E-state index in [1.807, 2.05) is 88.4 Å². The number of amidine groups is 1. The van der Waals surface area contributed by atoms with Crippen LogP contribution < -0.4 is 16.0 Å². The lowest BCUT2D eigenvalue weighted by atomic mass is 10.1. The average molecular weight is 526 g/mol. The first kappa shape index (κ1) is 29.0. The van der Waals surface area contributed by atoms with E-state index < -0.39 is 11.7 Å². The molecule has 0 aliphatic rings. The van der Waals surface area contributed by atoms with Crippen LogP contribution in [0.4, 0.5) is 16.2 Å². The van der Waals surface area contributed by atoms with E-state index in [4.69, 9.17) is 10.5 Å². The molecule has 3 N–H and O–H groups in total. The van der Waals surface area contributed by atoms with Crippen molar-refractivity contribution in [2.75, 3.05) is 17.3 Å². The van der Waals surface area contributed by atoms with Crippen LogP contribution in [0, 0.1) is 0 Å². The van der Waals surface area contributed by atoms with Crippen LogP contribution in [0.15, 0.2) is 114 Å². The van der Waals surface area contributed by atoms with Crippen molar-refractivity contribution in [3.05, 3.63) is 120 Å². The molecule has 0 saturated carbocycles. The smallest absolute Gasteiger partial charge is 0.414 e. The van der Waals surface area contributed by atoms with Crippen molar-refractivity contribution in [2.45, 2.75) is 46.4 Å². The first-order valence-electron chi connectivity index (χ1n) is 12.9. The van der Waals surface area contributed by atoms with Gasteiger partial charge in [0.2, 0.25) is 0 Å². The Morgan fingerprint density at radius 2 is 1.46 bits per heavy atom. The van der Waals surface area contributed by atoms with Gasteiger partial charge in [-0.05, 0) is 63.1 Å². The summed E-state index contributed by atoms with van der Waals surface area (Å²) < 4.78 is 5.46. The Kier molecular flexibility index (Phi) is 9.92. The quantitative estimate of drug-likeness (QED) is 0.234. The van der Waals surface area contributed by atoms with Crippen LogP contribution in [0.5, 0.6) is 0 Å². The lowest BCUT2D eigenvalue weighted by Crippen LogP contribution is -2.34. The number of allylic oxidation sites excluding steroid dienone is 1. The number of carbonyl (C=O) groups is 1. The Bertz CT molecular complexity index is 1250. The summed E-state index contributed by atoms with van der Waals surface area (Å²) in [6, 6.07) is 28.0. The Labute approximate surface area is 232 Å². The average Bonchev–Trinajstić information content (AvgIpc) is 2.92. The van der Waals surface area contributed by atoms with Crippen LogP contribution in [0.25, 0.3) is 0 Å². The third-order valence-corrected chi connectivity index (χ3v) is 5.96. The van der Waals surface area contributed by atoms with Gasteiger partial charge in [0.25, 0.3) is 0 Å². The zero-order valence-electron chi connectivity index (χ0n) is 23.5. The highest BCUT2D eigenvalue weighted by atomic mass is 16.6. The van der Waals surface area contributed by atoms with E-state index in [-0.39, 0.29) is 0 Å². The lowest BCUT2D eigenvalue weighted by Gasteiger charge is -2.28. The van der Waals surface area contributed by atoms with Gasteiger partial charge in [-0.25, -0.2) is 9.79 Å². The van der Waals surface area contributed by atoms with Crippen molar-refractivity contribution in [3.8, 4) is 0 Å². The molecule has 1 amide bonds. The Morgan fingerprint density at radius 1 is 0.949 bits per heavy atom. The molecule has 7 nitrogen and oxygen atoms in total. The molecule has 0 unspecified atom stereocenters. The van der Waals surface area contributed by atoms with E-state index in [1.54, 1.807) is 7.05 Å². The summed E-state index contributed by atoms with van der Waals surface area (Å²) in [7, 11) is 1.68. The molecule has 0 atom stereocenters. The number of aliphatic imine (C=N–C) groups is 1. The first-order chi connectivity index (χ1) is 18.6. The summed E-state index contributed by atoms with van der Waals surface area (Å²) in [5, 5.41) is 3.31. The van der Waals surface area contributed by atoms with E-state index in [1.165, 1.54) is 22.2 Å². The fourth-order valence-electron chi connectivity index (χ4n) is 3.84. The minimum absolute atomic E-state index is 0.420. The molecule has 0 heterocycles. The van der Waals surface area contributed by atoms with E-state index in [0.717, 1.165) is 11.4 Å². The van der Waals surface area contributed by atoms with Gasteiger partial charge in [-0.1, -0.05) is 67.2 Å². The van der Waals surface area contributed by atoms with Gasteiger partial charge < -0.3 is 20.7 Å². The van der Waals surface area contributed by atoms with Gasteiger partial charge in [0.1, 0.15) is 5.60 Å². The van der Waals surface area contributed by atoms with Gasteiger partial charge in [-0.3, -0.25) is 4.90 Å². The maximum atomic E-state index is 12.4. The van der Waals surface area contributed by atoms with E-state index in [0.29, 0.717) is 30.3 Å². The van der Waals surface area contributed by atoms with Crippen molar-refractivity contribution < 1.29 is 9.53 Å². The van der Waals surface area contributed by atoms with Crippen LogP contribution >= 0.6 is 0 Å². The molecule has 0 saturated heterocycles. The molecule has 3 rings (SSSR count). The molecule has 3 aromatic carbocycles. The van der Waals surface area contributed by atoms with Gasteiger partial charge in [-0.15, -0.1) is 0 Å². The Balaban J connectivity index is 1.84. The van der Waals surface area contributed by atoms with Crippen molar-refractivity contribution in [1.82, 2.24) is 4.90 Å². The van der Waals surface area contributed by atoms with Gasteiger partial charge in [0.15, 0.2) is 5.84 Å². The number of carbonyl (C=O) groups excluding carboxylic acids is 1. The summed E-state index contributed by atoms with van der Waals surface area (Å²) in [4.78, 5) is 20.6. The zero-order chi connectivity index (χ0) is 28.4. The molecule has 0 aliphatic carbocycles. The van der Waals surface area contributed by atoms with Gasteiger partial charge >= 0.3 is 6.09 Å². The van der Waals surface area contributed by atoms with Crippen LogP contribution in [-0.4, -0.2) is 29.5 Å². The van der Waals surface area contributed by atoms with Crippen LogP contribution in [0.3, 0.4) is 0 Å². The maximum absolute atomic E-state index is 12.4. The summed E-state index contributed by atoms with van der Waals surface area (Å²) >= 11 is 0. The van der Waals surface area contributed by atoms with E-state index in [9.17, 15) is 4.79 Å². The number of benzene rings is 3. The largest absolute Gasteiger partial charge is 0.443 e. The van der Waals surface area contributed by atoms with Crippen molar-refractivity contribution >= 4 is 23.3 Å². The maximum Gasteiger partial charge on any atom is 0.414 e. The molecule has 0 radical (unpaired) electrons. The highest BCUT2D eigenvalue weighted by Gasteiger charge is 2.21. The molecule has 3 aromatic rings. The number of hydrogen-bond acceptors (Lipinski definition) is 5. The Morgan fingerprint density at radius 3 is 1.92 bits per heavy atom. The molecule has 204 valence electrons. The molecule has 0 aromatic heterocycles. The molecule has 7 heteroatoms. The monoisotopic (exact) mass is 525 g/mol. The van der Waals surface area contributed by atoms with Crippen molar-refractivity contribution in [1.29, 1.82) is 0 Å². The second-order valence-electron chi connectivity index (χ2n) is 10.2. The predicted octanol–water partition coefficient (Wildman–Crippen LogP) is 6.90. The van der Waals surface area contributed by atoms with Gasteiger partial charge in [0, 0.05) is 43.4 Å². The molecule has 39 heavy (non-hydrogen) atoms. The zero-order valence-corrected chi connectivity index (χ0v) is 23.5. The number of nitrogens with two attached hydrogens (primary N) is 1. The standard InChI is InChI=1S/C32H39N5O2/c1-7-34-30(35-27-18-20-28(21-19-27)36(6)31(38)39-32(3,4)5)29(33)24(2)37(22-25-14-10-8-11-15-25)23-26-16-12-9-13-17-26/h7-21H,1,22-23,33H2,2-6H3,(H,34,35)/b29-24-. The normalized spacial score (nSPS) is 12.3. The van der Waals surface area contributed by atoms with E-state index >= 15 is 0 Å². The highest BCUT2D eigenvalue weighted by Crippen LogP contribution is 2.22. The highest BCUT2D eigenvalue weighted by molar-refractivity contribution is 6.08. The number of nitrogens with zero attached hydrogens (tertiary/aromatic N) is 3. The van der Waals surface area contributed by atoms with Crippen LogP contribution in [0.1, 0.15) is 38.8 Å². The molecule has 0 spiro atoms. The molecular formula is C32H39N5O2. The van der Waals surface area contributed by atoms with E-state index in [2.05, 4.69) is 46.1 Å². The van der Waals surface area contributed by atoms with Crippen LogP contribution in [0.2, 0.25) is 0 Å². The van der Waals surface area contributed by atoms with Crippen LogP contribution in [-0.2, 0) is 17.8 Å². The molecule has 0 fully saturated rings. The van der Waals surface area contributed by atoms with Crippen molar-refractivity contribution in [3.63, 3.8) is 0 Å². The fourth-order valence-corrected chi connectivity index (χ4v) is 3.84. The molecular weight excluding hydrogens is 486 g/mol. The fraction of sp³-hybridized carbons (Fsp3) is 0.250. The number of amides is 1. The molecule has 0 bridgehead atoms. The minimum Gasteiger partial charge on any atom is -0.443 e. The first-order valence-corrected chi connectivity index (χ1v) is 12.9. The summed E-state index contributed by atoms with van der Waals surface area (Å²) in [6.07, 6.45) is 1.04. The summed E-state index contributed by atoms with van der Waals surface area (Å²) in [6.45, 7) is 12.7. The topological polar surface area (TPSA) is 83.2 Å². The second kappa shape index (κ2) is 13.3. The van der Waals surface area contributed by atoms with Gasteiger partial charge in [-0.2, -0.15) is 0 Å².